The quantitative estimate of drug-likeness (QED) is 0.868. The zero-order valence-corrected chi connectivity index (χ0v) is 14.8. The highest BCUT2D eigenvalue weighted by atomic mass is 19.1. The smallest absolute Gasteiger partial charge is 0.123 e. The molecule has 1 atom stereocenters. The summed E-state index contributed by atoms with van der Waals surface area (Å²) in [5.41, 5.74) is 8.52. The molecular weight excluding hydrogens is 315 g/mol. The van der Waals surface area contributed by atoms with Crippen LogP contribution < -0.4 is 10.5 Å². The van der Waals surface area contributed by atoms with E-state index in [1.54, 1.807) is 7.11 Å². The lowest BCUT2D eigenvalue weighted by molar-refractivity contribution is 0.162. The van der Waals surface area contributed by atoms with Crippen LogP contribution in [-0.2, 0) is 6.54 Å². The molecule has 1 aliphatic rings. The van der Waals surface area contributed by atoms with Crippen LogP contribution in [0, 0.1) is 11.7 Å². The Balaban J connectivity index is 1.61. The molecule has 0 bridgehead atoms. The van der Waals surface area contributed by atoms with Crippen LogP contribution in [0.4, 0.5) is 4.39 Å². The summed E-state index contributed by atoms with van der Waals surface area (Å²) in [4.78, 5) is 2.44. The summed E-state index contributed by atoms with van der Waals surface area (Å²) in [7, 11) is 1.72. The molecule has 0 radical (unpaired) electrons. The fourth-order valence-corrected chi connectivity index (χ4v) is 3.91. The Morgan fingerprint density at radius 3 is 2.44 bits per heavy atom. The first kappa shape index (κ1) is 17.9. The number of benzene rings is 2. The predicted molar refractivity (Wildman–Crippen MR) is 99.2 cm³/mol. The van der Waals surface area contributed by atoms with Gasteiger partial charge in [-0.25, -0.2) is 4.39 Å². The van der Waals surface area contributed by atoms with Gasteiger partial charge in [-0.15, -0.1) is 0 Å². The summed E-state index contributed by atoms with van der Waals surface area (Å²) < 4.78 is 18.6. The number of hydrogen-bond acceptors (Lipinski definition) is 3. The number of para-hydroxylation sites is 1. The third-order valence-electron chi connectivity index (χ3n) is 5.31. The van der Waals surface area contributed by atoms with Gasteiger partial charge >= 0.3 is 0 Å². The summed E-state index contributed by atoms with van der Waals surface area (Å²) in [5.74, 6) is 1.67. The maximum atomic E-state index is 13.0. The van der Waals surface area contributed by atoms with Crippen LogP contribution in [0.3, 0.4) is 0 Å². The third-order valence-corrected chi connectivity index (χ3v) is 5.31. The van der Waals surface area contributed by atoms with Crippen molar-refractivity contribution in [2.24, 2.45) is 11.7 Å². The second-order valence-electron chi connectivity index (χ2n) is 6.82. The predicted octanol–water partition coefficient (Wildman–Crippen LogP) is 3.79. The van der Waals surface area contributed by atoms with Crippen LogP contribution in [0.1, 0.15) is 29.9 Å². The Morgan fingerprint density at radius 1 is 1.12 bits per heavy atom. The SMILES string of the molecule is COc1ccccc1C(CN)C1CCN(Cc2ccc(F)cc2)CC1. The summed E-state index contributed by atoms with van der Waals surface area (Å²) in [5, 5.41) is 0. The highest BCUT2D eigenvalue weighted by Crippen LogP contribution is 2.36. The molecule has 0 aromatic heterocycles. The molecule has 2 N–H and O–H groups in total. The lowest BCUT2D eigenvalue weighted by Gasteiger charge is -2.36. The van der Waals surface area contributed by atoms with Crippen molar-refractivity contribution in [3.63, 3.8) is 0 Å². The maximum Gasteiger partial charge on any atom is 0.123 e. The molecule has 2 aromatic carbocycles. The molecule has 0 amide bonds. The van der Waals surface area contributed by atoms with E-state index in [-0.39, 0.29) is 5.82 Å². The van der Waals surface area contributed by atoms with Gasteiger partial charge < -0.3 is 10.5 Å². The number of likely N-dealkylation sites (tertiary alicyclic amines) is 1. The van der Waals surface area contributed by atoms with Crippen molar-refractivity contribution in [3.8, 4) is 5.75 Å². The highest BCUT2D eigenvalue weighted by Gasteiger charge is 2.28. The molecule has 0 spiro atoms. The third kappa shape index (κ3) is 4.39. The van der Waals surface area contributed by atoms with Crippen LogP contribution in [-0.4, -0.2) is 31.6 Å². The van der Waals surface area contributed by atoms with Gasteiger partial charge in [-0.2, -0.15) is 0 Å². The van der Waals surface area contributed by atoms with E-state index < -0.39 is 0 Å². The maximum absolute atomic E-state index is 13.0. The van der Waals surface area contributed by atoms with E-state index in [1.807, 2.05) is 24.3 Å². The zero-order valence-electron chi connectivity index (χ0n) is 14.8. The van der Waals surface area contributed by atoms with Gasteiger partial charge in [0.05, 0.1) is 7.11 Å². The van der Waals surface area contributed by atoms with Gasteiger partial charge in [-0.1, -0.05) is 30.3 Å². The number of nitrogens with two attached hydrogens (primary N) is 1. The Bertz CT molecular complexity index is 666. The number of halogens is 1. The Labute approximate surface area is 149 Å². The summed E-state index contributed by atoms with van der Waals surface area (Å²) in [6.07, 6.45) is 2.25. The van der Waals surface area contributed by atoms with Crippen molar-refractivity contribution >= 4 is 0 Å². The van der Waals surface area contributed by atoms with E-state index in [0.717, 1.165) is 38.2 Å². The fraction of sp³-hybridized carbons (Fsp3) is 0.429. The minimum atomic E-state index is -0.176. The van der Waals surface area contributed by atoms with Crippen LogP contribution in [0.2, 0.25) is 0 Å². The molecule has 1 fully saturated rings. The number of piperidine rings is 1. The van der Waals surface area contributed by atoms with E-state index in [0.29, 0.717) is 18.4 Å². The van der Waals surface area contributed by atoms with Crippen molar-refractivity contribution in [1.29, 1.82) is 0 Å². The zero-order chi connectivity index (χ0) is 17.6. The average molecular weight is 342 g/mol. The Morgan fingerprint density at radius 2 is 1.80 bits per heavy atom. The fourth-order valence-electron chi connectivity index (χ4n) is 3.91. The largest absolute Gasteiger partial charge is 0.496 e. The van der Waals surface area contributed by atoms with Crippen LogP contribution in [0.25, 0.3) is 0 Å². The lowest BCUT2D eigenvalue weighted by Crippen LogP contribution is -2.36. The minimum Gasteiger partial charge on any atom is -0.496 e. The summed E-state index contributed by atoms with van der Waals surface area (Å²) >= 11 is 0. The van der Waals surface area contributed by atoms with Crippen molar-refractivity contribution in [2.45, 2.75) is 25.3 Å². The molecule has 1 heterocycles. The standard InChI is InChI=1S/C21H27FN2O/c1-25-21-5-3-2-4-19(21)20(14-23)17-10-12-24(13-11-17)15-16-6-8-18(22)9-7-16/h2-9,17,20H,10-15,23H2,1H3. The lowest BCUT2D eigenvalue weighted by atomic mass is 9.79. The van der Waals surface area contributed by atoms with E-state index in [1.165, 1.54) is 23.3 Å². The van der Waals surface area contributed by atoms with Crippen molar-refractivity contribution in [3.05, 3.63) is 65.5 Å². The molecule has 0 saturated carbocycles. The van der Waals surface area contributed by atoms with Crippen LogP contribution in [0.15, 0.2) is 48.5 Å². The molecule has 1 saturated heterocycles. The number of nitrogens with zero attached hydrogens (tertiary/aromatic N) is 1. The number of rotatable bonds is 6. The second-order valence-corrected chi connectivity index (χ2v) is 6.82. The molecule has 25 heavy (non-hydrogen) atoms. The van der Waals surface area contributed by atoms with Gasteiger partial charge in [-0.3, -0.25) is 4.90 Å². The van der Waals surface area contributed by atoms with Gasteiger partial charge in [0.1, 0.15) is 11.6 Å². The van der Waals surface area contributed by atoms with Crippen molar-refractivity contribution in [1.82, 2.24) is 4.90 Å². The monoisotopic (exact) mass is 342 g/mol. The Kier molecular flexibility index (Phi) is 6.05. The van der Waals surface area contributed by atoms with Gasteiger partial charge in [0.15, 0.2) is 0 Å². The summed E-state index contributed by atoms with van der Waals surface area (Å²) in [6, 6.07) is 15.0. The molecule has 134 valence electrons. The first-order valence-electron chi connectivity index (χ1n) is 9.01. The van der Waals surface area contributed by atoms with E-state index in [9.17, 15) is 4.39 Å². The average Bonchev–Trinajstić information content (AvgIpc) is 2.66. The van der Waals surface area contributed by atoms with Gasteiger partial charge in [0.2, 0.25) is 0 Å². The minimum absolute atomic E-state index is 0.176. The molecule has 1 unspecified atom stereocenters. The van der Waals surface area contributed by atoms with E-state index >= 15 is 0 Å². The summed E-state index contributed by atoms with van der Waals surface area (Å²) in [6.45, 7) is 3.62. The number of ether oxygens (including phenoxy) is 1. The second kappa shape index (κ2) is 8.45. The van der Waals surface area contributed by atoms with Crippen molar-refractivity contribution < 1.29 is 9.13 Å². The molecular formula is C21H27FN2O. The molecule has 3 nitrogen and oxygen atoms in total. The molecule has 2 aromatic rings. The number of hydrogen-bond donors (Lipinski definition) is 1. The van der Waals surface area contributed by atoms with Crippen molar-refractivity contribution in [2.75, 3.05) is 26.7 Å². The molecule has 4 heteroatoms. The number of methoxy groups -OCH3 is 1. The van der Waals surface area contributed by atoms with Crippen LogP contribution >= 0.6 is 0 Å². The van der Waals surface area contributed by atoms with E-state index in [4.69, 9.17) is 10.5 Å². The van der Waals surface area contributed by atoms with Gasteiger partial charge in [0.25, 0.3) is 0 Å². The van der Waals surface area contributed by atoms with E-state index in [2.05, 4.69) is 17.0 Å². The topological polar surface area (TPSA) is 38.5 Å². The normalized spacial score (nSPS) is 17.4. The molecule has 3 rings (SSSR count). The Hall–Kier alpha value is -1.91. The molecule has 0 aliphatic carbocycles. The van der Waals surface area contributed by atoms with Crippen LogP contribution in [0.5, 0.6) is 5.75 Å². The first-order chi connectivity index (χ1) is 12.2. The van der Waals surface area contributed by atoms with Gasteiger partial charge in [-0.05, 0) is 67.7 Å². The highest BCUT2D eigenvalue weighted by molar-refractivity contribution is 5.37. The first-order valence-corrected chi connectivity index (χ1v) is 9.01. The van der Waals surface area contributed by atoms with Gasteiger partial charge in [0, 0.05) is 12.5 Å². The molecule has 1 aliphatic heterocycles.